The van der Waals surface area contributed by atoms with Gasteiger partial charge in [0.25, 0.3) is 6.01 Å². The number of nitrogens with zero attached hydrogens (tertiary/aromatic N) is 2. The monoisotopic (exact) mass is 447 g/mol. The van der Waals surface area contributed by atoms with Gasteiger partial charge in [0.1, 0.15) is 18.5 Å². The number of aromatic nitrogens is 3. The van der Waals surface area contributed by atoms with E-state index in [1.807, 2.05) is 38.1 Å². The summed E-state index contributed by atoms with van der Waals surface area (Å²) >= 11 is 6.50. The van der Waals surface area contributed by atoms with E-state index in [-0.39, 0.29) is 18.3 Å². The molecule has 0 spiro atoms. The zero-order valence-corrected chi connectivity index (χ0v) is 18.5. The minimum absolute atomic E-state index is 0.0325. The van der Waals surface area contributed by atoms with Crippen molar-refractivity contribution >= 4 is 22.8 Å². The quantitative estimate of drug-likeness (QED) is 0.498. The van der Waals surface area contributed by atoms with E-state index in [1.165, 1.54) is 0 Å². The Balaban J connectivity index is 1.52. The van der Waals surface area contributed by atoms with Gasteiger partial charge in [-0.25, -0.2) is 4.98 Å². The molecule has 0 amide bonds. The number of nitrogens with one attached hydrogen (secondary N) is 1. The van der Waals surface area contributed by atoms with Gasteiger partial charge in [-0.3, -0.25) is 0 Å². The van der Waals surface area contributed by atoms with E-state index in [4.69, 9.17) is 35.3 Å². The molecule has 0 saturated carbocycles. The molecule has 8 nitrogen and oxygen atoms in total. The number of methoxy groups -OCH3 is 1. The highest BCUT2D eigenvalue weighted by Gasteiger charge is 2.37. The largest absolute Gasteiger partial charge is 0.491 e. The maximum atomic E-state index is 6.50. The normalized spacial score (nSPS) is 21.0. The van der Waals surface area contributed by atoms with Crippen LogP contribution < -0.4 is 9.47 Å². The number of H-pyrrole nitrogens is 1. The first kappa shape index (κ1) is 21.8. The maximum Gasteiger partial charge on any atom is 0.296 e. The molecule has 1 saturated heterocycles. The maximum absolute atomic E-state index is 6.50. The molecule has 1 fully saturated rings. The lowest BCUT2D eigenvalue weighted by Gasteiger charge is -2.20. The Morgan fingerprint density at radius 1 is 1.19 bits per heavy atom. The van der Waals surface area contributed by atoms with Crippen LogP contribution in [0.5, 0.6) is 11.8 Å². The Morgan fingerprint density at radius 2 is 2.00 bits per heavy atom. The molecule has 4 rings (SSSR count). The fourth-order valence-corrected chi connectivity index (χ4v) is 3.78. The minimum atomic E-state index is -0.240. The number of pyridine rings is 1. The van der Waals surface area contributed by atoms with Gasteiger partial charge < -0.3 is 28.7 Å². The van der Waals surface area contributed by atoms with Gasteiger partial charge >= 0.3 is 0 Å². The lowest BCUT2D eigenvalue weighted by molar-refractivity contribution is -0.0217. The van der Waals surface area contributed by atoms with Crippen molar-refractivity contribution in [3.8, 4) is 23.0 Å². The average Bonchev–Trinajstić information content (AvgIpc) is 3.31. The Hall–Kier alpha value is -2.39. The summed E-state index contributed by atoms with van der Waals surface area (Å²) < 4.78 is 28.0. The summed E-state index contributed by atoms with van der Waals surface area (Å²) in [5.74, 6) is 0.755. The van der Waals surface area contributed by atoms with Crippen molar-refractivity contribution in [1.29, 1.82) is 0 Å². The van der Waals surface area contributed by atoms with Crippen LogP contribution in [0.2, 0.25) is 5.02 Å². The SMILES string of the molecule is CCO[C@@H]1C(Oc2nc3nc(-c4ccc(OCCOC)cc4)c(Cl)cc3[nH]2)CO[C@@H]1C. The van der Waals surface area contributed by atoms with Crippen molar-refractivity contribution < 1.29 is 23.7 Å². The molecule has 3 atom stereocenters. The molecule has 1 aliphatic heterocycles. The predicted molar refractivity (Wildman–Crippen MR) is 117 cm³/mol. The van der Waals surface area contributed by atoms with Crippen LogP contribution in [-0.4, -0.2) is 66.8 Å². The summed E-state index contributed by atoms with van der Waals surface area (Å²) in [6.07, 6.45) is -0.416. The number of hydrogen-bond donors (Lipinski definition) is 1. The smallest absolute Gasteiger partial charge is 0.296 e. The lowest BCUT2D eigenvalue weighted by atomic mass is 10.1. The van der Waals surface area contributed by atoms with Crippen molar-refractivity contribution in [1.82, 2.24) is 15.0 Å². The molecule has 0 aliphatic carbocycles. The van der Waals surface area contributed by atoms with Gasteiger partial charge in [-0.1, -0.05) is 11.6 Å². The van der Waals surface area contributed by atoms with Gasteiger partial charge in [-0.05, 0) is 44.2 Å². The molecule has 31 heavy (non-hydrogen) atoms. The topological polar surface area (TPSA) is 87.7 Å². The Labute approximate surface area is 185 Å². The van der Waals surface area contributed by atoms with Crippen LogP contribution in [0.3, 0.4) is 0 Å². The molecule has 1 aliphatic rings. The fourth-order valence-electron chi connectivity index (χ4n) is 3.52. The standard InChI is InChI=1S/C22H26ClN3O5/c1-4-28-20-13(2)30-12-18(20)31-22-24-17-11-16(23)19(25-21(17)26-22)14-5-7-15(8-6-14)29-10-9-27-3/h5-8,11,13,18,20H,4,9-10,12H2,1-3H3,(H,24,25,26)/t13-,18?,20+/m1/s1. The molecule has 1 aromatic carbocycles. The second kappa shape index (κ2) is 9.82. The number of imidazole rings is 1. The first-order valence-corrected chi connectivity index (χ1v) is 10.6. The van der Waals surface area contributed by atoms with Gasteiger partial charge in [-0.2, -0.15) is 4.98 Å². The van der Waals surface area contributed by atoms with Crippen LogP contribution in [0.4, 0.5) is 0 Å². The zero-order valence-electron chi connectivity index (χ0n) is 17.8. The Bertz CT molecular complexity index is 1010. The van der Waals surface area contributed by atoms with Gasteiger partial charge in [0.05, 0.1) is 35.6 Å². The first-order valence-electron chi connectivity index (χ1n) is 10.3. The van der Waals surface area contributed by atoms with E-state index >= 15 is 0 Å². The van der Waals surface area contributed by atoms with Crippen LogP contribution in [0.15, 0.2) is 30.3 Å². The number of halogens is 1. The van der Waals surface area contributed by atoms with E-state index in [9.17, 15) is 0 Å². The van der Waals surface area contributed by atoms with Crippen LogP contribution in [0.1, 0.15) is 13.8 Å². The second-order valence-corrected chi connectivity index (χ2v) is 7.62. The molecule has 0 radical (unpaired) electrons. The van der Waals surface area contributed by atoms with E-state index in [2.05, 4.69) is 15.0 Å². The van der Waals surface area contributed by atoms with Crippen molar-refractivity contribution in [2.24, 2.45) is 0 Å². The van der Waals surface area contributed by atoms with Crippen LogP contribution >= 0.6 is 11.6 Å². The molecule has 9 heteroatoms. The number of fused-ring (bicyclic) bond motifs is 1. The van der Waals surface area contributed by atoms with Gasteiger partial charge in [-0.15, -0.1) is 0 Å². The van der Waals surface area contributed by atoms with Crippen LogP contribution in [0, 0.1) is 0 Å². The number of aromatic amines is 1. The van der Waals surface area contributed by atoms with E-state index in [1.54, 1.807) is 13.2 Å². The molecular weight excluding hydrogens is 422 g/mol. The molecule has 2 aromatic heterocycles. The highest BCUT2D eigenvalue weighted by molar-refractivity contribution is 6.33. The summed E-state index contributed by atoms with van der Waals surface area (Å²) in [5, 5.41) is 0.515. The third-order valence-corrected chi connectivity index (χ3v) is 5.35. The molecule has 166 valence electrons. The summed E-state index contributed by atoms with van der Waals surface area (Å²) in [6, 6.07) is 9.75. The molecular formula is C22H26ClN3O5. The summed E-state index contributed by atoms with van der Waals surface area (Å²) in [7, 11) is 1.64. The van der Waals surface area contributed by atoms with Crippen LogP contribution in [-0.2, 0) is 14.2 Å². The van der Waals surface area contributed by atoms with Gasteiger partial charge in [0.15, 0.2) is 11.8 Å². The third kappa shape index (κ3) is 4.93. The molecule has 3 heterocycles. The lowest BCUT2D eigenvalue weighted by Crippen LogP contribution is -2.36. The molecule has 0 bridgehead atoms. The second-order valence-electron chi connectivity index (χ2n) is 7.21. The average molecular weight is 448 g/mol. The fraction of sp³-hybridized carbons (Fsp3) is 0.455. The van der Waals surface area contributed by atoms with Crippen LogP contribution in [0.25, 0.3) is 22.4 Å². The van der Waals surface area contributed by atoms with E-state index in [0.29, 0.717) is 54.3 Å². The first-order chi connectivity index (χ1) is 15.1. The summed E-state index contributed by atoms with van der Waals surface area (Å²) in [4.78, 5) is 12.3. The van der Waals surface area contributed by atoms with Crippen molar-refractivity contribution in [3.05, 3.63) is 35.4 Å². The molecule has 1 N–H and O–H groups in total. The van der Waals surface area contributed by atoms with Crippen molar-refractivity contribution in [2.75, 3.05) is 33.5 Å². The number of rotatable bonds is 9. The Morgan fingerprint density at radius 3 is 2.74 bits per heavy atom. The Kier molecular flexibility index (Phi) is 6.92. The zero-order chi connectivity index (χ0) is 21.8. The van der Waals surface area contributed by atoms with Crippen molar-refractivity contribution in [2.45, 2.75) is 32.2 Å². The number of benzene rings is 1. The molecule has 3 aromatic rings. The highest BCUT2D eigenvalue weighted by Crippen LogP contribution is 2.31. The minimum Gasteiger partial charge on any atom is -0.491 e. The highest BCUT2D eigenvalue weighted by atomic mass is 35.5. The third-order valence-electron chi connectivity index (χ3n) is 5.06. The van der Waals surface area contributed by atoms with Gasteiger partial charge in [0, 0.05) is 19.3 Å². The summed E-state index contributed by atoms with van der Waals surface area (Å²) in [6.45, 7) is 5.99. The summed E-state index contributed by atoms with van der Waals surface area (Å²) in [5.41, 5.74) is 2.73. The molecule has 1 unspecified atom stereocenters. The van der Waals surface area contributed by atoms with Crippen molar-refractivity contribution in [3.63, 3.8) is 0 Å². The van der Waals surface area contributed by atoms with Gasteiger partial charge in [0.2, 0.25) is 0 Å². The predicted octanol–water partition coefficient (Wildman–Crippen LogP) is 3.87. The van der Waals surface area contributed by atoms with E-state index in [0.717, 1.165) is 11.3 Å². The number of hydrogen-bond acceptors (Lipinski definition) is 7. The number of ether oxygens (including phenoxy) is 5. The van der Waals surface area contributed by atoms with E-state index < -0.39 is 0 Å².